The topological polar surface area (TPSA) is 75.2 Å². The van der Waals surface area contributed by atoms with Gasteiger partial charge in [0.25, 0.3) is 5.91 Å². The maximum atomic E-state index is 13.2. The molecule has 6 nitrogen and oxygen atoms in total. The zero-order chi connectivity index (χ0) is 19.0. The third-order valence-electron chi connectivity index (χ3n) is 4.45. The summed E-state index contributed by atoms with van der Waals surface area (Å²) < 4.78 is 13.2. The van der Waals surface area contributed by atoms with Gasteiger partial charge in [-0.05, 0) is 36.8 Å². The van der Waals surface area contributed by atoms with Gasteiger partial charge in [-0.25, -0.2) is 14.2 Å². The minimum Gasteiger partial charge on any atom is -0.319 e. The molecule has 3 amide bonds. The summed E-state index contributed by atoms with van der Waals surface area (Å²) >= 11 is 1.40. The van der Waals surface area contributed by atoms with Crippen LogP contribution in [0.2, 0.25) is 0 Å². The molecule has 1 N–H and O–H groups in total. The van der Waals surface area contributed by atoms with Crippen LogP contribution >= 0.6 is 11.3 Å². The first-order valence-electron chi connectivity index (χ1n) is 8.23. The summed E-state index contributed by atoms with van der Waals surface area (Å²) in [5.41, 5.74) is 0.636. The van der Waals surface area contributed by atoms with Gasteiger partial charge in [-0.3, -0.25) is 14.7 Å². The van der Waals surface area contributed by atoms with Crippen LogP contribution in [0.3, 0.4) is 0 Å². The molecule has 3 aromatic rings. The molecular formula is C19H15FN4O2S. The number of rotatable bonds is 4. The summed E-state index contributed by atoms with van der Waals surface area (Å²) in [6.45, 7) is 1.67. The Morgan fingerprint density at radius 3 is 2.67 bits per heavy atom. The van der Waals surface area contributed by atoms with Gasteiger partial charge in [0.15, 0.2) is 0 Å². The van der Waals surface area contributed by atoms with Crippen LogP contribution in [0.25, 0.3) is 10.7 Å². The predicted molar refractivity (Wildman–Crippen MR) is 98.2 cm³/mol. The van der Waals surface area contributed by atoms with Crippen molar-refractivity contribution in [2.45, 2.75) is 19.0 Å². The zero-order valence-electron chi connectivity index (χ0n) is 14.3. The number of carbonyl (C=O) groups is 2. The van der Waals surface area contributed by atoms with Crippen LogP contribution in [0.5, 0.6) is 0 Å². The second-order valence-corrected chi connectivity index (χ2v) is 7.17. The molecule has 27 heavy (non-hydrogen) atoms. The predicted octanol–water partition coefficient (Wildman–Crippen LogP) is 3.31. The van der Waals surface area contributed by atoms with Crippen molar-refractivity contribution in [3.63, 3.8) is 0 Å². The standard InChI is InChI=1S/C19H15FN4O2S/c1-19(12-5-7-13(20)8-6-12)17(25)24(18(26)23-19)10-14-11-27-16(22-14)15-4-2-3-9-21-15/h2-9,11H,10H2,1H3,(H,23,26). The van der Waals surface area contributed by atoms with Gasteiger partial charge in [-0.15, -0.1) is 11.3 Å². The van der Waals surface area contributed by atoms with Crippen molar-refractivity contribution >= 4 is 23.3 Å². The van der Waals surface area contributed by atoms with E-state index in [4.69, 9.17) is 0 Å². The molecule has 0 bridgehead atoms. The summed E-state index contributed by atoms with van der Waals surface area (Å²) in [5, 5.41) is 5.23. The van der Waals surface area contributed by atoms with Gasteiger partial charge < -0.3 is 5.32 Å². The third kappa shape index (κ3) is 3.08. The van der Waals surface area contributed by atoms with Crippen molar-refractivity contribution in [3.8, 4) is 10.7 Å². The molecular weight excluding hydrogens is 367 g/mol. The lowest BCUT2D eigenvalue weighted by molar-refractivity contribution is -0.131. The van der Waals surface area contributed by atoms with Crippen LogP contribution < -0.4 is 5.32 Å². The molecule has 1 aromatic carbocycles. The average molecular weight is 382 g/mol. The van der Waals surface area contributed by atoms with Crippen LogP contribution in [0, 0.1) is 5.82 Å². The molecule has 1 fully saturated rings. The first-order valence-corrected chi connectivity index (χ1v) is 9.11. The van der Waals surface area contributed by atoms with E-state index in [1.807, 2.05) is 18.2 Å². The number of aromatic nitrogens is 2. The Bertz CT molecular complexity index is 1010. The molecule has 1 atom stereocenters. The van der Waals surface area contributed by atoms with E-state index in [9.17, 15) is 14.0 Å². The van der Waals surface area contributed by atoms with Crippen molar-refractivity contribution in [1.29, 1.82) is 0 Å². The molecule has 1 aliphatic heterocycles. The number of thiazole rings is 1. The monoisotopic (exact) mass is 382 g/mol. The molecule has 3 heterocycles. The van der Waals surface area contributed by atoms with Crippen molar-refractivity contribution in [2.75, 3.05) is 0 Å². The Morgan fingerprint density at radius 2 is 1.96 bits per heavy atom. The van der Waals surface area contributed by atoms with Crippen LogP contribution in [0.4, 0.5) is 9.18 Å². The second-order valence-electron chi connectivity index (χ2n) is 6.31. The fraction of sp³-hybridized carbons (Fsp3) is 0.158. The van der Waals surface area contributed by atoms with E-state index in [2.05, 4.69) is 15.3 Å². The van der Waals surface area contributed by atoms with Gasteiger partial charge in [-0.2, -0.15) is 0 Å². The number of amides is 3. The SMILES string of the molecule is CC1(c2ccc(F)cc2)NC(=O)N(Cc2csc(-c3ccccn3)n2)C1=O. The molecule has 0 aliphatic carbocycles. The van der Waals surface area contributed by atoms with E-state index in [1.165, 1.54) is 35.6 Å². The van der Waals surface area contributed by atoms with Crippen molar-refractivity contribution in [2.24, 2.45) is 0 Å². The number of nitrogens with zero attached hydrogens (tertiary/aromatic N) is 3. The largest absolute Gasteiger partial charge is 0.325 e. The van der Waals surface area contributed by atoms with E-state index in [-0.39, 0.29) is 6.54 Å². The number of urea groups is 1. The lowest BCUT2D eigenvalue weighted by atomic mass is 9.92. The highest BCUT2D eigenvalue weighted by Crippen LogP contribution is 2.30. The molecule has 136 valence electrons. The van der Waals surface area contributed by atoms with E-state index in [0.29, 0.717) is 11.3 Å². The second kappa shape index (κ2) is 6.55. The number of nitrogens with one attached hydrogen (secondary N) is 1. The van der Waals surface area contributed by atoms with Gasteiger partial charge in [0, 0.05) is 11.6 Å². The average Bonchev–Trinajstić information content (AvgIpc) is 3.22. The quantitative estimate of drug-likeness (QED) is 0.703. The van der Waals surface area contributed by atoms with Crippen LogP contribution in [0.1, 0.15) is 18.2 Å². The number of benzene rings is 1. The van der Waals surface area contributed by atoms with E-state index in [0.717, 1.165) is 15.6 Å². The normalized spacial score (nSPS) is 19.4. The van der Waals surface area contributed by atoms with Gasteiger partial charge in [0.05, 0.1) is 17.9 Å². The highest BCUT2D eigenvalue weighted by Gasteiger charge is 2.49. The first kappa shape index (κ1) is 17.3. The number of carbonyl (C=O) groups excluding carboxylic acids is 2. The molecule has 1 aliphatic rings. The number of imide groups is 1. The third-order valence-corrected chi connectivity index (χ3v) is 5.37. The summed E-state index contributed by atoms with van der Waals surface area (Å²) in [5.74, 6) is -0.799. The Morgan fingerprint density at radius 1 is 1.19 bits per heavy atom. The number of hydrogen-bond donors (Lipinski definition) is 1. The van der Waals surface area contributed by atoms with Gasteiger partial charge >= 0.3 is 6.03 Å². The lowest BCUT2D eigenvalue weighted by Gasteiger charge is -2.22. The molecule has 1 unspecified atom stereocenters. The number of hydrogen-bond acceptors (Lipinski definition) is 5. The molecule has 0 saturated carbocycles. The Hall–Kier alpha value is -3.13. The first-order chi connectivity index (χ1) is 13.0. The van der Waals surface area contributed by atoms with Gasteiger partial charge in [0.2, 0.25) is 0 Å². The van der Waals surface area contributed by atoms with Crippen LogP contribution in [-0.4, -0.2) is 26.8 Å². The van der Waals surface area contributed by atoms with Crippen molar-refractivity contribution in [1.82, 2.24) is 20.2 Å². The summed E-state index contributed by atoms with van der Waals surface area (Å²) in [6.07, 6.45) is 1.68. The maximum absolute atomic E-state index is 13.2. The van der Waals surface area contributed by atoms with Crippen molar-refractivity contribution in [3.05, 3.63) is 71.1 Å². The van der Waals surface area contributed by atoms with Crippen LogP contribution in [0.15, 0.2) is 54.0 Å². The minimum atomic E-state index is -1.23. The smallest absolute Gasteiger partial charge is 0.319 e. The highest BCUT2D eigenvalue weighted by molar-refractivity contribution is 7.13. The fourth-order valence-electron chi connectivity index (χ4n) is 2.97. The fourth-order valence-corrected chi connectivity index (χ4v) is 3.75. The Kier molecular flexibility index (Phi) is 4.19. The summed E-state index contributed by atoms with van der Waals surface area (Å²) in [7, 11) is 0. The van der Waals surface area contributed by atoms with E-state index in [1.54, 1.807) is 18.5 Å². The highest BCUT2D eigenvalue weighted by atomic mass is 32.1. The Labute approximate surface area is 158 Å². The minimum absolute atomic E-state index is 0.0603. The number of pyridine rings is 1. The molecule has 2 aromatic heterocycles. The van der Waals surface area contributed by atoms with Crippen molar-refractivity contribution < 1.29 is 14.0 Å². The molecule has 0 radical (unpaired) electrons. The molecule has 0 spiro atoms. The molecule has 1 saturated heterocycles. The van der Waals surface area contributed by atoms with Crippen LogP contribution in [-0.2, 0) is 16.9 Å². The number of halogens is 1. The lowest BCUT2D eigenvalue weighted by Crippen LogP contribution is -2.40. The molecule has 4 rings (SSSR count). The maximum Gasteiger partial charge on any atom is 0.325 e. The summed E-state index contributed by atoms with van der Waals surface area (Å²) in [6, 6.07) is 10.6. The van der Waals surface area contributed by atoms with E-state index < -0.39 is 23.3 Å². The van der Waals surface area contributed by atoms with Gasteiger partial charge in [0.1, 0.15) is 16.4 Å². The van der Waals surface area contributed by atoms with Gasteiger partial charge in [-0.1, -0.05) is 18.2 Å². The Balaban J connectivity index is 1.56. The zero-order valence-corrected chi connectivity index (χ0v) is 15.2. The molecule has 8 heteroatoms. The summed E-state index contributed by atoms with van der Waals surface area (Å²) in [4.78, 5) is 35.2. The van der Waals surface area contributed by atoms with E-state index >= 15 is 0 Å².